The van der Waals surface area contributed by atoms with Crippen LogP contribution in [0, 0.1) is 0 Å². The standard InChI is InChI=1S/C25H43N/c1-2-3-4-5-6-7-8-9-10-11-12-13-14-15-16-20-23-26-24-25-21-18-17-19-22-25/h9-10,17-19,21-22,26H,2-8,11-16,20,23-24H2,1H3/b10-9-. The largest absolute Gasteiger partial charge is 0.313 e. The topological polar surface area (TPSA) is 12.0 Å². The fraction of sp³-hybridized carbons (Fsp3) is 0.680. The Kier molecular flexibility index (Phi) is 16.5. The molecule has 0 atom stereocenters. The number of rotatable bonds is 18. The Labute approximate surface area is 163 Å². The Morgan fingerprint density at radius 1 is 0.654 bits per heavy atom. The van der Waals surface area contributed by atoms with Gasteiger partial charge in [-0.25, -0.2) is 0 Å². The van der Waals surface area contributed by atoms with Gasteiger partial charge in [0, 0.05) is 6.54 Å². The molecular weight excluding hydrogens is 314 g/mol. The van der Waals surface area contributed by atoms with Crippen molar-refractivity contribution >= 4 is 0 Å². The summed E-state index contributed by atoms with van der Waals surface area (Å²) >= 11 is 0. The van der Waals surface area contributed by atoms with Gasteiger partial charge < -0.3 is 5.32 Å². The molecule has 0 saturated carbocycles. The average molecular weight is 358 g/mol. The minimum atomic E-state index is 1.01. The van der Waals surface area contributed by atoms with E-state index in [9.17, 15) is 0 Å². The fourth-order valence-electron chi connectivity index (χ4n) is 3.33. The van der Waals surface area contributed by atoms with Crippen LogP contribution in [-0.2, 0) is 6.54 Å². The molecule has 0 radical (unpaired) electrons. The molecule has 148 valence electrons. The van der Waals surface area contributed by atoms with Gasteiger partial charge in [-0.3, -0.25) is 0 Å². The molecule has 0 heterocycles. The van der Waals surface area contributed by atoms with E-state index in [1.165, 1.54) is 95.5 Å². The molecule has 26 heavy (non-hydrogen) atoms. The number of benzene rings is 1. The SMILES string of the molecule is CCCCCCCC/C=C\CCCCCCCCNCc1ccccc1. The molecule has 1 rings (SSSR count). The number of hydrogen-bond donors (Lipinski definition) is 1. The molecule has 0 saturated heterocycles. The summed E-state index contributed by atoms with van der Waals surface area (Å²) in [6, 6.07) is 10.7. The Bertz CT molecular complexity index is 409. The smallest absolute Gasteiger partial charge is 0.0205 e. The van der Waals surface area contributed by atoms with Crippen molar-refractivity contribution < 1.29 is 0 Å². The van der Waals surface area contributed by atoms with Crippen molar-refractivity contribution in [2.75, 3.05) is 6.54 Å². The van der Waals surface area contributed by atoms with E-state index in [0.29, 0.717) is 0 Å². The zero-order valence-electron chi connectivity index (χ0n) is 17.4. The van der Waals surface area contributed by atoms with Crippen LogP contribution in [-0.4, -0.2) is 6.54 Å². The van der Waals surface area contributed by atoms with Gasteiger partial charge >= 0.3 is 0 Å². The first-order valence-corrected chi connectivity index (χ1v) is 11.3. The Balaban J connectivity index is 1.73. The average Bonchev–Trinajstić information content (AvgIpc) is 2.68. The second-order valence-corrected chi connectivity index (χ2v) is 7.60. The van der Waals surface area contributed by atoms with Gasteiger partial charge in [0.1, 0.15) is 0 Å². The number of nitrogens with one attached hydrogen (secondary N) is 1. The minimum absolute atomic E-state index is 1.01. The highest BCUT2D eigenvalue weighted by Gasteiger charge is 1.93. The quantitative estimate of drug-likeness (QED) is 0.209. The summed E-state index contributed by atoms with van der Waals surface area (Å²) in [6.07, 6.45) is 24.1. The van der Waals surface area contributed by atoms with Gasteiger partial charge in [-0.05, 0) is 44.2 Å². The zero-order chi connectivity index (χ0) is 18.5. The van der Waals surface area contributed by atoms with E-state index in [2.05, 4.69) is 54.7 Å². The molecule has 0 unspecified atom stereocenters. The molecular formula is C25H43N. The van der Waals surface area contributed by atoms with Gasteiger partial charge in [-0.1, -0.05) is 107 Å². The van der Waals surface area contributed by atoms with Crippen LogP contribution in [0.25, 0.3) is 0 Å². The lowest BCUT2D eigenvalue weighted by Crippen LogP contribution is -2.14. The normalized spacial score (nSPS) is 11.4. The van der Waals surface area contributed by atoms with Crippen molar-refractivity contribution in [3.63, 3.8) is 0 Å². The Hall–Kier alpha value is -1.08. The summed E-state index contributed by atoms with van der Waals surface area (Å²) in [5.74, 6) is 0. The second-order valence-electron chi connectivity index (χ2n) is 7.60. The summed E-state index contributed by atoms with van der Waals surface area (Å²) in [4.78, 5) is 0. The molecule has 1 aromatic carbocycles. The van der Waals surface area contributed by atoms with Gasteiger partial charge in [-0.2, -0.15) is 0 Å². The second kappa shape index (κ2) is 18.7. The van der Waals surface area contributed by atoms with Gasteiger partial charge in [0.05, 0.1) is 0 Å². The Morgan fingerprint density at radius 3 is 1.81 bits per heavy atom. The van der Waals surface area contributed by atoms with Crippen LogP contribution in [0.2, 0.25) is 0 Å². The van der Waals surface area contributed by atoms with Gasteiger partial charge in [0.2, 0.25) is 0 Å². The molecule has 1 nitrogen and oxygen atoms in total. The van der Waals surface area contributed by atoms with Crippen LogP contribution in [0.15, 0.2) is 42.5 Å². The Morgan fingerprint density at radius 2 is 1.19 bits per heavy atom. The van der Waals surface area contributed by atoms with Crippen LogP contribution in [0.4, 0.5) is 0 Å². The highest BCUT2D eigenvalue weighted by atomic mass is 14.8. The van der Waals surface area contributed by atoms with Gasteiger partial charge in [0.15, 0.2) is 0 Å². The van der Waals surface area contributed by atoms with Crippen LogP contribution in [0.3, 0.4) is 0 Å². The summed E-state index contributed by atoms with van der Waals surface area (Å²) in [5.41, 5.74) is 1.39. The fourth-order valence-corrected chi connectivity index (χ4v) is 3.33. The lowest BCUT2D eigenvalue weighted by molar-refractivity contribution is 0.566. The molecule has 0 aliphatic heterocycles. The molecule has 1 heteroatoms. The maximum absolute atomic E-state index is 3.54. The molecule has 0 aromatic heterocycles. The third kappa shape index (κ3) is 15.2. The van der Waals surface area contributed by atoms with E-state index in [0.717, 1.165) is 13.1 Å². The van der Waals surface area contributed by atoms with E-state index < -0.39 is 0 Å². The van der Waals surface area contributed by atoms with Crippen LogP contribution < -0.4 is 5.32 Å². The van der Waals surface area contributed by atoms with E-state index in [1.54, 1.807) is 0 Å². The highest BCUT2D eigenvalue weighted by molar-refractivity contribution is 5.14. The first-order chi connectivity index (χ1) is 12.9. The summed E-state index contributed by atoms with van der Waals surface area (Å²) < 4.78 is 0. The molecule has 0 bridgehead atoms. The van der Waals surface area contributed by atoms with E-state index >= 15 is 0 Å². The van der Waals surface area contributed by atoms with Crippen molar-refractivity contribution in [2.45, 2.75) is 103 Å². The van der Waals surface area contributed by atoms with E-state index in [-0.39, 0.29) is 0 Å². The lowest BCUT2D eigenvalue weighted by Gasteiger charge is -2.05. The number of hydrogen-bond acceptors (Lipinski definition) is 1. The van der Waals surface area contributed by atoms with Crippen LogP contribution in [0.1, 0.15) is 102 Å². The van der Waals surface area contributed by atoms with Crippen LogP contribution in [0.5, 0.6) is 0 Å². The predicted molar refractivity (Wildman–Crippen MR) is 118 cm³/mol. The number of allylic oxidation sites excluding steroid dienone is 2. The van der Waals surface area contributed by atoms with E-state index in [4.69, 9.17) is 0 Å². The summed E-state index contributed by atoms with van der Waals surface area (Å²) in [7, 11) is 0. The third-order valence-electron chi connectivity index (χ3n) is 5.04. The summed E-state index contributed by atoms with van der Waals surface area (Å²) in [5, 5.41) is 3.54. The number of unbranched alkanes of at least 4 members (excludes halogenated alkanes) is 12. The van der Waals surface area contributed by atoms with Crippen molar-refractivity contribution in [1.29, 1.82) is 0 Å². The molecule has 1 aromatic rings. The predicted octanol–water partition coefficient (Wildman–Crippen LogP) is 7.81. The monoisotopic (exact) mass is 357 g/mol. The maximum Gasteiger partial charge on any atom is 0.0205 e. The third-order valence-corrected chi connectivity index (χ3v) is 5.04. The molecule has 0 fully saturated rings. The highest BCUT2D eigenvalue weighted by Crippen LogP contribution is 2.09. The van der Waals surface area contributed by atoms with Crippen molar-refractivity contribution in [1.82, 2.24) is 5.32 Å². The minimum Gasteiger partial charge on any atom is -0.313 e. The lowest BCUT2D eigenvalue weighted by atomic mass is 10.1. The zero-order valence-corrected chi connectivity index (χ0v) is 17.4. The molecule has 0 spiro atoms. The van der Waals surface area contributed by atoms with E-state index in [1.807, 2.05) is 0 Å². The molecule has 0 amide bonds. The van der Waals surface area contributed by atoms with Gasteiger partial charge in [0.25, 0.3) is 0 Å². The maximum atomic E-state index is 3.54. The first-order valence-electron chi connectivity index (χ1n) is 11.3. The van der Waals surface area contributed by atoms with Crippen molar-refractivity contribution in [3.05, 3.63) is 48.0 Å². The van der Waals surface area contributed by atoms with Gasteiger partial charge in [-0.15, -0.1) is 0 Å². The summed E-state index contributed by atoms with van der Waals surface area (Å²) in [6.45, 7) is 4.44. The molecule has 1 N–H and O–H groups in total. The first kappa shape index (κ1) is 23.0. The van der Waals surface area contributed by atoms with Crippen molar-refractivity contribution in [3.8, 4) is 0 Å². The van der Waals surface area contributed by atoms with Crippen LogP contribution >= 0.6 is 0 Å². The molecule has 0 aliphatic carbocycles. The van der Waals surface area contributed by atoms with Crippen molar-refractivity contribution in [2.24, 2.45) is 0 Å². The molecule has 0 aliphatic rings.